The number of amides is 2. The summed E-state index contributed by atoms with van der Waals surface area (Å²) in [5.41, 5.74) is 1.86. The first-order valence-corrected chi connectivity index (χ1v) is 13.9. The highest BCUT2D eigenvalue weighted by atomic mass is 19.4. The van der Waals surface area contributed by atoms with Crippen molar-refractivity contribution in [3.05, 3.63) is 82.8 Å². The van der Waals surface area contributed by atoms with Crippen molar-refractivity contribution in [3.8, 4) is 0 Å². The number of hydrogen-bond acceptors (Lipinski definition) is 5. The van der Waals surface area contributed by atoms with Crippen molar-refractivity contribution >= 4 is 29.0 Å². The molecule has 0 bridgehead atoms. The minimum atomic E-state index is -4.65. The first-order valence-electron chi connectivity index (χ1n) is 13.9. The Hall–Kier alpha value is -3.99. The Morgan fingerprint density at radius 1 is 0.976 bits per heavy atom. The standard InChI is InChI=1S/C31H31F4N5O2/c1-18-10-23(31(33,34)35)13-26(36-18)40-27(41)12-21-17-39(14-19-6-4-7-20(11-19)22-15-37(2)16-22)29-24(32)8-5-9-25(29)38(3)30(42)28(21)40/h4-11,13,21-22,28H,12,14-17H2,1-3H3/t21-,28+/m1/s1. The van der Waals surface area contributed by atoms with Gasteiger partial charge < -0.3 is 14.7 Å². The maximum absolute atomic E-state index is 15.5. The highest BCUT2D eigenvalue weighted by molar-refractivity contribution is 6.10. The first kappa shape index (κ1) is 28.1. The summed E-state index contributed by atoms with van der Waals surface area (Å²) in [4.78, 5) is 38.1. The number of aryl methyl sites for hydroxylation is 1. The third-order valence-corrected chi connectivity index (χ3v) is 8.49. The van der Waals surface area contributed by atoms with Crippen LogP contribution in [-0.2, 0) is 22.3 Å². The molecule has 0 unspecified atom stereocenters. The third kappa shape index (κ3) is 4.99. The molecule has 2 amide bonds. The number of carbonyl (C=O) groups is 2. The number of aromatic nitrogens is 1. The summed E-state index contributed by atoms with van der Waals surface area (Å²) in [6.45, 7) is 3.81. The fourth-order valence-corrected chi connectivity index (χ4v) is 6.48. The first-order chi connectivity index (χ1) is 19.9. The fourth-order valence-electron chi connectivity index (χ4n) is 6.48. The zero-order valence-corrected chi connectivity index (χ0v) is 23.5. The van der Waals surface area contributed by atoms with Gasteiger partial charge in [-0.25, -0.2) is 9.37 Å². The number of hydrogen-bond donors (Lipinski definition) is 0. The lowest BCUT2D eigenvalue weighted by molar-refractivity contribution is -0.137. The number of fused-ring (bicyclic) bond motifs is 2. The van der Waals surface area contributed by atoms with Gasteiger partial charge >= 0.3 is 6.18 Å². The van der Waals surface area contributed by atoms with Crippen LogP contribution in [0.15, 0.2) is 54.6 Å². The molecule has 0 aliphatic carbocycles. The van der Waals surface area contributed by atoms with Crippen molar-refractivity contribution in [1.29, 1.82) is 0 Å². The molecule has 0 saturated carbocycles. The van der Waals surface area contributed by atoms with Crippen LogP contribution in [-0.4, -0.2) is 61.5 Å². The molecule has 6 rings (SSSR count). The van der Waals surface area contributed by atoms with Crippen LogP contribution in [0.2, 0.25) is 0 Å². The van der Waals surface area contributed by atoms with E-state index in [-0.39, 0.29) is 30.2 Å². The largest absolute Gasteiger partial charge is 0.416 e. The number of anilines is 3. The van der Waals surface area contributed by atoms with E-state index < -0.39 is 41.3 Å². The number of rotatable bonds is 4. The van der Waals surface area contributed by atoms with E-state index in [1.807, 2.05) is 17.0 Å². The highest BCUT2D eigenvalue weighted by Gasteiger charge is 2.49. The Labute approximate surface area is 241 Å². The lowest BCUT2D eigenvalue weighted by Crippen LogP contribution is -2.52. The van der Waals surface area contributed by atoms with Gasteiger partial charge in [0.1, 0.15) is 17.7 Å². The van der Waals surface area contributed by atoms with Crippen molar-refractivity contribution in [2.24, 2.45) is 5.92 Å². The molecule has 7 nitrogen and oxygen atoms in total. The molecule has 2 saturated heterocycles. The average Bonchev–Trinajstić information content (AvgIpc) is 3.23. The quantitative estimate of drug-likeness (QED) is 0.407. The Balaban J connectivity index is 1.40. The molecule has 220 valence electrons. The molecule has 3 aliphatic rings. The van der Waals surface area contributed by atoms with Gasteiger partial charge in [0.15, 0.2) is 0 Å². The molecule has 2 aromatic carbocycles. The van der Waals surface area contributed by atoms with Crippen LogP contribution in [0.25, 0.3) is 0 Å². The molecule has 3 aliphatic heterocycles. The molecule has 3 aromatic rings. The summed E-state index contributed by atoms with van der Waals surface area (Å²) in [6, 6.07) is 13.3. The second-order valence-corrected chi connectivity index (χ2v) is 11.6. The van der Waals surface area contributed by atoms with E-state index in [4.69, 9.17) is 0 Å². The molecular formula is C31H31F4N5O2. The van der Waals surface area contributed by atoms with Crippen molar-refractivity contribution in [2.75, 3.05) is 48.4 Å². The maximum atomic E-state index is 15.5. The van der Waals surface area contributed by atoms with Crippen LogP contribution in [0.4, 0.5) is 34.8 Å². The summed E-state index contributed by atoms with van der Waals surface area (Å²) in [5.74, 6) is -1.92. The van der Waals surface area contributed by atoms with Crippen LogP contribution in [0.5, 0.6) is 0 Å². The molecule has 2 fully saturated rings. The number of likely N-dealkylation sites (tertiary alicyclic amines) is 1. The van der Waals surface area contributed by atoms with E-state index in [1.165, 1.54) is 36.6 Å². The predicted octanol–water partition coefficient (Wildman–Crippen LogP) is 4.98. The van der Waals surface area contributed by atoms with E-state index in [1.54, 1.807) is 6.07 Å². The summed E-state index contributed by atoms with van der Waals surface area (Å²) < 4.78 is 56.5. The smallest absolute Gasteiger partial charge is 0.363 e. The minimum Gasteiger partial charge on any atom is -0.363 e. The zero-order valence-electron chi connectivity index (χ0n) is 23.5. The van der Waals surface area contributed by atoms with Gasteiger partial charge in [0, 0.05) is 57.2 Å². The van der Waals surface area contributed by atoms with Crippen LogP contribution >= 0.6 is 0 Å². The minimum absolute atomic E-state index is 0.0781. The topological polar surface area (TPSA) is 60.0 Å². The van der Waals surface area contributed by atoms with Gasteiger partial charge in [-0.15, -0.1) is 0 Å². The molecule has 42 heavy (non-hydrogen) atoms. The molecular weight excluding hydrogens is 550 g/mol. The van der Waals surface area contributed by atoms with Crippen molar-refractivity contribution < 1.29 is 27.2 Å². The number of carbonyl (C=O) groups excluding carboxylic acids is 2. The number of likely N-dealkylation sites (N-methyl/N-ethyl adjacent to an activating group) is 2. The maximum Gasteiger partial charge on any atom is 0.416 e. The number of halogens is 4. The van der Waals surface area contributed by atoms with Gasteiger partial charge in [-0.3, -0.25) is 14.5 Å². The van der Waals surface area contributed by atoms with E-state index in [9.17, 15) is 22.8 Å². The van der Waals surface area contributed by atoms with Gasteiger partial charge in [-0.2, -0.15) is 13.2 Å². The summed E-state index contributed by atoms with van der Waals surface area (Å²) in [5, 5.41) is 0. The summed E-state index contributed by atoms with van der Waals surface area (Å²) in [6.07, 6.45) is -4.74. The van der Waals surface area contributed by atoms with Crippen LogP contribution < -0.4 is 14.7 Å². The SMILES string of the molecule is Cc1cc(C(F)(F)F)cc(N2C(=O)C[C@@H]3CN(Cc4cccc(C5CN(C)C5)c4)c4c(F)cccc4N(C)C(=O)[C@H]32)n1. The van der Waals surface area contributed by atoms with Crippen LogP contribution in [0, 0.1) is 18.7 Å². The molecule has 2 atom stereocenters. The molecule has 0 radical (unpaired) electrons. The summed E-state index contributed by atoms with van der Waals surface area (Å²) in [7, 11) is 3.57. The second kappa shape index (κ2) is 10.4. The monoisotopic (exact) mass is 581 g/mol. The molecule has 4 heterocycles. The Kier molecular flexibility index (Phi) is 6.95. The molecule has 1 aromatic heterocycles. The molecule has 11 heteroatoms. The average molecular weight is 582 g/mol. The number of benzene rings is 2. The van der Waals surface area contributed by atoms with E-state index in [0.29, 0.717) is 18.2 Å². The van der Waals surface area contributed by atoms with Crippen molar-refractivity contribution in [3.63, 3.8) is 0 Å². The van der Waals surface area contributed by atoms with Crippen molar-refractivity contribution in [2.45, 2.75) is 38.0 Å². The molecule has 0 spiro atoms. The van der Waals surface area contributed by atoms with Crippen LogP contribution in [0.1, 0.15) is 34.7 Å². The lowest BCUT2D eigenvalue weighted by atomic mass is 9.90. The summed E-state index contributed by atoms with van der Waals surface area (Å²) >= 11 is 0. The Bertz CT molecular complexity index is 1550. The van der Waals surface area contributed by atoms with Crippen LogP contribution in [0.3, 0.4) is 0 Å². The number of para-hydroxylation sites is 1. The normalized spacial score (nSPS) is 21.6. The van der Waals surface area contributed by atoms with Gasteiger partial charge in [0.25, 0.3) is 0 Å². The zero-order chi connectivity index (χ0) is 29.9. The van der Waals surface area contributed by atoms with E-state index in [2.05, 4.69) is 29.1 Å². The second-order valence-electron chi connectivity index (χ2n) is 11.6. The van der Waals surface area contributed by atoms with E-state index in [0.717, 1.165) is 35.7 Å². The van der Waals surface area contributed by atoms with E-state index >= 15 is 4.39 Å². The number of nitrogens with zero attached hydrogens (tertiary/aromatic N) is 5. The number of alkyl halides is 3. The lowest BCUT2D eigenvalue weighted by Gasteiger charge is -2.39. The number of pyridine rings is 1. The Morgan fingerprint density at radius 2 is 1.71 bits per heavy atom. The predicted molar refractivity (Wildman–Crippen MR) is 151 cm³/mol. The fraction of sp³-hybridized carbons (Fsp3) is 0.387. The molecule has 0 N–H and O–H groups in total. The highest BCUT2D eigenvalue weighted by Crippen LogP contribution is 2.42. The van der Waals surface area contributed by atoms with Gasteiger partial charge in [-0.05, 0) is 49.4 Å². The van der Waals surface area contributed by atoms with Crippen molar-refractivity contribution in [1.82, 2.24) is 9.88 Å². The third-order valence-electron chi connectivity index (χ3n) is 8.49. The van der Waals surface area contributed by atoms with Gasteiger partial charge in [0.2, 0.25) is 11.8 Å². The Morgan fingerprint density at radius 3 is 2.43 bits per heavy atom. The van der Waals surface area contributed by atoms with Gasteiger partial charge in [0.05, 0.1) is 16.9 Å². The van der Waals surface area contributed by atoms with Gasteiger partial charge in [-0.1, -0.05) is 30.3 Å².